The Kier molecular flexibility index (Phi) is 6.70. The van der Waals surface area contributed by atoms with Gasteiger partial charge >= 0.3 is 0 Å². The average molecular weight is 439 g/mol. The Morgan fingerprint density at radius 2 is 1.69 bits per heavy atom. The molecule has 1 aromatic heterocycles. The van der Waals surface area contributed by atoms with E-state index in [0.29, 0.717) is 16.5 Å². The predicted octanol–water partition coefficient (Wildman–Crippen LogP) is 4.05. The van der Waals surface area contributed by atoms with Crippen molar-refractivity contribution < 1.29 is 4.79 Å². The lowest BCUT2D eigenvalue weighted by Gasteiger charge is -2.10. The number of carbonyl (C=O) groups excluding carboxylic acids is 1. The van der Waals surface area contributed by atoms with Crippen molar-refractivity contribution >= 4 is 23.9 Å². The minimum atomic E-state index is -0.260. The standard InChI is InChI=1S/C24H18N6OS/c25-15-18-11-13-19(14-12-18)16-26-27-22(31)17-32-24-29-28-23(20-7-3-1-4-8-20)30(24)21-9-5-2-6-10-21/h1-14,16H,17H2,(H,27,31)/b26-16-. The number of thioether (sulfide) groups is 1. The Morgan fingerprint density at radius 1 is 1.00 bits per heavy atom. The minimum absolute atomic E-state index is 0.129. The highest BCUT2D eigenvalue weighted by Gasteiger charge is 2.16. The summed E-state index contributed by atoms with van der Waals surface area (Å²) in [5, 5.41) is 22.1. The molecule has 0 radical (unpaired) electrons. The SMILES string of the molecule is N#Cc1ccc(/C=N\NC(=O)CSc2nnc(-c3ccccc3)n2-c2ccccc2)cc1. The molecule has 1 N–H and O–H groups in total. The van der Waals surface area contributed by atoms with Crippen molar-refractivity contribution in [1.29, 1.82) is 5.26 Å². The summed E-state index contributed by atoms with van der Waals surface area (Å²) in [4.78, 5) is 12.3. The first-order chi connectivity index (χ1) is 15.7. The van der Waals surface area contributed by atoms with Crippen LogP contribution in [0.1, 0.15) is 11.1 Å². The first kappa shape index (κ1) is 21.0. The van der Waals surface area contributed by atoms with Crippen molar-refractivity contribution in [3.05, 3.63) is 96.1 Å². The molecular weight excluding hydrogens is 420 g/mol. The van der Waals surface area contributed by atoms with Crippen LogP contribution < -0.4 is 5.43 Å². The summed E-state index contributed by atoms with van der Waals surface area (Å²) in [6.07, 6.45) is 1.53. The molecular formula is C24H18N6OS. The zero-order valence-electron chi connectivity index (χ0n) is 16.9. The average Bonchev–Trinajstić information content (AvgIpc) is 3.28. The van der Waals surface area contributed by atoms with E-state index >= 15 is 0 Å². The number of hydrogen-bond donors (Lipinski definition) is 1. The molecule has 0 fully saturated rings. The Bertz CT molecular complexity index is 1260. The number of carbonyl (C=O) groups is 1. The van der Waals surface area contributed by atoms with Crippen LogP contribution in [0.25, 0.3) is 17.1 Å². The fourth-order valence-electron chi connectivity index (χ4n) is 2.93. The second-order valence-electron chi connectivity index (χ2n) is 6.66. The lowest BCUT2D eigenvalue weighted by molar-refractivity contribution is -0.118. The van der Waals surface area contributed by atoms with E-state index in [2.05, 4.69) is 26.8 Å². The molecule has 156 valence electrons. The van der Waals surface area contributed by atoms with E-state index in [1.54, 1.807) is 24.3 Å². The van der Waals surface area contributed by atoms with Gasteiger partial charge in [0.2, 0.25) is 0 Å². The molecule has 0 aliphatic carbocycles. The van der Waals surface area contributed by atoms with Crippen LogP contribution in [-0.2, 0) is 4.79 Å². The molecule has 1 heterocycles. The summed E-state index contributed by atoms with van der Waals surface area (Å²) in [6.45, 7) is 0. The fraction of sp³-hybridized carbons (Fsp3) is 0.0417. The third kappa shape index (κ3) is 5.09. The summed E-state index contributed by atoms with van der Waals surface area (Å²) in [6, 6.07) is 28.6. The van der Waals surface area contributed by atoms with Gasteiger partial charge in [0.05, 0.1) is 23.6 Å². The molecule has 0 aliphatic rings. The van der Waals surface area contributed by atoms with E-state index in [4.69, 9.17) is 5.26 Å². The van der Waals surface area contributed by atoms with Gasteiger partial charge in [-0.25, -0.2) is 5.43 Å². The number of nitrogens with zero attached hydrogens (tertiary/aromatic N) is 5. The second kappa shape index (κ2) is 10.2. The van der Waals surface area contributed by atoms with E-state index < -0.39 is 0 Å². The zero-order valence-corrected chi connectivity index (χ0v) is 17.7. The summed E-state index contributed by atoms with van der Waals surface area (Å²) in [5.74, 6) is 0.576. The number of hydrogen-bond acceptors (Lipinski definition) is 6. The third-order valence-electron chi connectivity index (χ3n) is 4.45. The maximum Gasteiger partial charge on any atom is 0.250 e. The number of aromatic nitrogens is 3. The minimum Gasteiger partial charge on any atom is -0.272 e. The van der Waals surface area contributed by atoms with Gasteiger partial charge in [0.15, 0.2) is 11.0 Å². The number of nitrogens with one attached hydrogen (secondary N) is 1. The van der Waals surface area contributed by atoms with Gasteiger partial charge in [-0.05, 0) is 29.8 Å². The molecule has 0 aliphatic heterocycles. The first-order valence-electron chi connectivity index (χ1n) is 9.76. The van der Waals surface area contributed by atoms with Gasteiger partial charge in [-0.1, -0.05) is 72.4 Å². The summed E-state index contributed by atoms with van der Waals surface area (Å²) in [5.41, 5.74) is 5.72. The monoisotopic (exact) mass is 438 g/mol. The molecule has 0 saturated carbocycles. The molecule has 3 aromatic carbocycles. The van der Waals surface area contributed by atoms with Crippen molar-refractivity contribution in [2.45, 2.75) is 5.16 Å². The number of benzene rings is 3. The normalized spacial score (nSPS) is 10.7. The fourth-order valence-corrected chi connectivity index (χ4v) is 3.68. The van der Waals surface area contributed by atoms with Crippen LogP contribution in [0.3, 0.4) is 0 Å². The van der Waals surface area contributed by atoms with Crippen molar-refractivity contribution in [1.82, 2.24) is 20.2 Å². The van der Waals surface area contributed by atoms with Crippen LogP contribution in [0.2, 0.25) is 0 Å². The van der Waals surface area contributed by atoms with Gasteiger partial charge in [-0.15, -0.1) is 10.2 Å². The van der Waals surface area contributed by atoms with Gasteiger partial charge < -0.3 is 0 Å². The Hall–Kier alpha value is -4.22. The number of hydrazone groups is 1. The molecule has 0 spiro atoms. The van der Waals surface area contributed by atoms with E-state index in [-0.39, 0.29) is 11.7 Å². The number of para-hydroxylation sites is 1. The van der Waals surface area contributed by atoms with Gasteiger partial charge in [0.1, 0.15) is 0 Å². The van der Waals surface area contributed by atoms with Crippen molar-refractivity contribution in [3.63, 3.8) is 0 Å². The Labute approximate surface area is 189 Å². The zero-order chi connectivity index (χ0) is 22.2. The molecule has 0 atom stereocenters. The van der Waals surface area contributed by atoms with Crippen molar-refractivity contribution in [3.8, 4) is 23.1 Å². The molecule has 7 nitrogen and oxygen atoms in total. The van der Waals surface area contributed by atoms with Crippen LogP contribution in [0, 0.1) is 11.3 Å². The number of rotatable bonds is 7. The maximum atomic E-state index is 12.3. The van der Waals surface area contributed by atoms with E-state index in [1.807, 2.05) is 65.2 Å². The summed E-state index contributed by atoms with van der Waals surface area (Å²) >= 11 is 1.28. The van der Waals surface area contributed by atoms with Crippen LogP contribution >= 0.6 is 11.8 Å². The Morgan fingerprint density at radius 3 is 2.38 bits per heavy atom. The highest BCUT2D eigenvalue weighted by atomic mass is 32.2. The van der Waals surface area contributed by atoms with Gasteiger partial charge in [-0.2, -0.15) is 10.4 Å². The molecule has 32 heavy (non-hydrogen) atoms. The van der Waals surface area contributed by atoms with Crippen LogP contribution in [0.4, 0.5) is 0 Å². The predicted molar refractivity (Wildman–Crippen MR) is 124 cm³/mol. The van der Waals surface area contributed by atoms with Crippen LogP contribution in [0.15, 0.2) is 95.2 Å². The third-order valence-corrected chi connectivity index (χ3v) is 5.38. The lowest BCUT2D eigenvalue weighted by atomic mass is 10.2. The highest BCUT2D eigenvalue weighted by Crippen LogP contribution is 2.27. The topological polar surface area (TPSA) is 96.0 Å². The van der Waals surface area contributed by atoms with Crippen LogP contribution in [0.5, 0.6) is 0 Å². The Balaban J connectivity index is 1.46. The molecule has 1 amide bonds. The van der Waals surface area contributed by atoms with E-state index in [1.165, 1.54) is 18.0 Å². The maximum absolute atomic E-state index is 12.3. The van der Waals surface area contributed by atoms with Gasteiger partial charge in [0.25, 0.3) is 5.91 Å². The molecule has 0 saturated heterocycles. The van der Waals surface area contributed by atoms with E-state index in [0.717, 1.165) is 16.8 Å². The second-order valence-corrected chi connectivity index (χ2v) is 7.60. The quantitative estimate of drug-likeness (QED) is 0.267. The van der Waals surface area contributed by atoms with Crippen molar-refractivity contribution in [2.24, 2.45) is 5.10 Å². The van der Waals surface area contributed by atoms with Gasteiger partial charge in [0, 0.05) is 11.3 Å². The number of nitriles is 1. The largest absolute Gasteiger partial charge is 0.272 e. The first-order valence-corrected chi connectivity index (χ1v) is 10.7. The highest BCUT2D eigenvalue weighted by molar-refractivity contribution is 7.99. The number of amides is 1. The van der Waals surface area contributed by atoms with Crippen molar-refractivity contribution in [2.75, 3.05) is 5.75 Å². The smallest absolute Gasteiger partial charge is 0.250 e. The van der Waals surface area contributed by atoms with Crippen LogP contribution in [-0.4, -0.2) is 32.6 Å². The summed E-state index contributed by atoms with van der Waals surface area (Å²) < 4.78 is 1.94. The van der Waals surface area contributed by atoms with Gasteiger partial charge in [-0.3, -0.25) is 9.36 Å². The molecule has 4 aromatic rings. The molecule has 4 rings (SSSR count). The summed E-state index contributed by atoms with van der Waals surface area (Å²) in [7, 11) is 0. The lowest BCUT2D eigenvalue weighted by Crippen LogP contribution is -2.20. The molecule has 0 unspecified atom stereocenters. The molecule has 0 bridgehead atoms. The molecule has 8 heteroatoms. The van der Waals surface area contributed by atoms with E-state index in [9.17, 15) is 4.79 Å².